The van der Waals surface area contributed by atoms with Crippen LogP contribution in [0.15, 0.2) is 39.7 Å². The SMILES string of the molecule is NCc1cccc(C(F)(F)F)c1OCCCc1nc2ncc(Br)cc2c(=O)[nH]1. The van der Waals surface area contributed by atoms with E-state index in [1.165, 1.54) is 18.3 Å². The van der Waals surface area contributed by atoms with Gasteiger partial charge in [-0.05, 0) is 34.5 Å². The van der Waals surface area contributed by atoms with Gasteiger partial charge in [0.05, 0.1) is 17.6 Å². The Morgan fingerprint density at radius 2 is 2.07 bits per heavy atom. The summed E-state index contributed by atoms with van der Waals surface area (Å²) < 4.78 is 45.6. The highest BCUT2D eigenvalue weighted by Gasteiger charge is 2.35. The summed E-state index contributed by atoms with van der Waals surface area (Å²) in [6, 6.07) is 5.37. The third kappa shape index (κ3) is 4.50. The third-order valence-corrected chi connectivity index (χ3v) is 4.44. The minimum absolute atomic E-state index is 0.00953. The van der Waals surface area contributed by atoms with E-state index in [1.807, 2.05) is 0 Å². The average Bonchev–Trinajstić information content (AvgIpc) is 2.65. The van der Waals surface area contributed by atoms with Gasteiger partial charge >= 0.3 is 6.18 Å². The molecule has 2 heterocycles. The van der Waals surface area contributed by atoms with E-state index in [9.17, 15) is 18.0 Å². The summed E-state index contributed by atoms with van der Waals surface area (Å²) in [7, 11) is 0. The van der Waals surface area contributed by atoms with E-state index >= 15 is 0 Å². The molecule has 0 radical (unpaired) electrons. The molecule has 0 saturated heterocycles. The first kappa shape index (κ1) is 20.3. The lowest BCUT2D eigenvalue weighted by molar-refractivity contribution is -0.139. The summed E-state index contributed by atoms with van der Waals surface area (Å²) in [4.78, 5) is 23.1. The smallest absolute Gasteiger partial charge is 0.419 e. The molecule has 0 aliphatic rings. The number of ether oxygens (including phenoxy) is 1. The van der Waals surface area contributed by atoms with Crippen LogP contribution in [0.2, 0.25) is 0 Å². The number of hydrogen-bond donors (Lipinski definition) is 2. The molecule has 148 valence electrons. The van der Waals surface area contributed by atoms with Crippen LogP contribution in [0.3, 0.4) is 0 Å². The summed E-state index contributed by atoms with van der Waals surface area (Å²) in [5, 5.41) is 0.348. The summed E-state index contributed by atoms with van der Waals surface area (Å²) in [5.74, 6) is 0.128. The van der Waals surface area contributed by atoms with Crippen LogP contribution in [-0.4, -0.2) is 21.6 Å². The Balaban J connectivity index is 1.71. The Morgan fingerprint density at radius 1 is 1.29 bits per heavy atom. The number of nitrogens with one attached hydrogen (secondary N) is 1. The molecule has 3 N–H and O–H groups in total. The number of aromatic nitrogens is 3. The summed E-state index contributed by atoms with van der Waals surface area (Å²) in [6.07, 6.45) is -2.34. The van der Waals surface area contributed by atoms with Crippen molar-refractivity contribution in [3.8, 4) is 5.75 Å². The maximum absolute atomic E-state index is 13.2. The monoisotopic (exact) mass is 456 g/mol. The first-order chi connectivity index (χ1) is 13.3. The quantitative estimate of drug-likeness (QED) is 0.553. The van der Waals surface area contributed by atoms with Gasteiger partial charge in [-0.15, -0.1) is 0 Å². The fraction of sp³-hybridized carbons (Fsp3) is 0.278. The van der Waals surface area contributed by atoms with Crippen molar-refractivity contribution in [2.24, 2.45) is 5.73 Å². The molecule has 0 atom stereocenters. The van der Waals surface area contributed by atoms with Gasteiger partial charge in [-0.25, -0.2) is 9.97 Å². The molecule has 3 rings (SSSR count). The number of aryl methyl sites for hydroxylation is 1. The molecule has 0 unspecified atom stereocenters. The second kappa shape index (κ2) is 8.27. The van der Waals surface area contributed by atoms with Gasteiger partial charge in [0.2, 0.25) is 0 Å². The third-order valence-electron chi connectivity index (χ3n) is 4.00. The van der Waals surface area contributed by atoms with Crippen LogP contribution < -0.4 is 16.0 Å². The highest BCUT2D eigenvalue weighted by molar-refractivity contribution is 9.10. The van der Waals surface area contributed by atoms with Crippen molar-refractivity contribution in [3.05, 3.63) is 62.2 Å². The first-order valence-corrected chi connectivity index (χ1v) is 9.15. The Bertz CT molecular complexity index is 1050. The summed E-state index contributed by atoms with van der Waals surface area (Å²) >= 11 is 3.24. The zero-order chi connectivity index (χ0) is 20.3. The molecule has 0 aliphatic carbocycles. The normalized spacial score (nSPS) is 11.8. The van der Waals surface area contributed by atoms with E-state index in [2.05, 4.69) is 30.9 Å². The Labute approximate surface area is 166 Å². The number of rotatable bonds is 6. The maximum atomic E-state index is 13.2. The van der Waals surface area contributed by atoms with E-state index in [1.54, 1.807) is 6.07 Å². The van der Waals surface area contributed by atoms with Gasteiger partial charge in [-0.1, -0.05) is 12.1 Å². The van der Waals surface area contributed by atoms with Crippen molar-refractivity contribution in [1.82, 2.24) is 15.0 Å². The van der Waals surface area contributed by atoms with Crippen LogP contribution in [0.1, 0.15) is 23.4 Å². The zero-order valence-electron chi connectivity index (χ0n) is 14.5. The van der Waals surface area contributed by atoms with Crippen LogP contribution in [-0.2, 0) is 19.1 Å². The number of benzene rings is 1. The molecule has 0 amide bonds. The number of nitrogens with zero attached hydrogens (tertiary/aromatic N) is 2. The van der Waals surface area contributed by atoms with Gasteiger partial charge in [0.1, 0.15) is 11.6 Å². The molecule has 0 bridgehead atoms. The minimum atomic E-state index is -4.54. The number of nitrogens with two attached hydrogens (primary N) is 1. The highest BCUT2D eigenvalue weighted by atomic mass is 79.9. The van der Waals surface area contributed by atoms with E-state index in [4.69, 9.17) is 10.5 Å². The number of aromatic amines is 1. The van der Waals surface area contributed by atoms with Crippen LogP contribution >= 0.6 is 15.9 Å². The van der Waals surface area contributed by atoms with Crippen molar-refractivity contribution in [3.63, 3.8) is 0 Å². The van der Waals surface area contributed by atoms with E-state index in [0.717, 1.165) is 6.07 Å². The lowest BCUT2D eigenvalue weighted by Crippen LogP contribution is -2.15. The average molecular weight is 457 g/mol. The van der Waals surface area contributed by atoms with Gasteiger partial charge in [-0.2, -0.15) is 13.2 Å². The van der Waals surface area contributed by atoms with Crippen molar-refractivity contribution in [2.45, 2.75) is 25.6 Å². The number of hydrogen-bond acceptors (Lipinski definition) is 5. The number of halogens is 4. The van der Waals surface area contributed by atoms with E-state index in [-0.39, 0.29) is 30.0 Å². The summed E-state index contributed by atoms with van der Waals surface area (Å²) in [5.41, 5.74) is 4.92. The largest absolute Gasteiger partial charge is 0.493 e. The highest BCUT2D eigenvalue weighted by Crippen LogP contribution is 2.38. The molecule has 3 aromatic rings. The second-order valence-electron chi connectivity index (χ2n) is 5.99. The molecule has 6 nitrogen and oxygen atoms in total. The predicted molar refractivity (Wildman–Crippen MR) is 101 cm³/mol. The van der Waals surface area contributed by atoms with Crippen molar-refractivity contribution >= 4 is 27.0 Å². The predicted octanol–water partition coefficient (Wildman–Crippen LogP) is 3.57. The van der Waals surface area contributed by atoms with Gasteiger partial charge < -0.3 is 15.5 Å². The standard InChI is InChI=1S/C18H16BrF3N4O2/c19-11-7-12-16(24-9-11)25-14(26-17(12)27)5-2-6-28-15-10(8-23)3-1-4-13(15)18(20,21)22/h1,3-4,7,9H,2,5-6,8,23H2,(H,24,25,26,27). The Morgan fingerprint density at radius 3 is 2.79 bits per heavy atom. The molecule has 2 aromatic heterocycles. The number of pyridine rings is 1. The second-order valence-corrected chi connectivity index (χ2v) is 6.90. The van der Waals surface area contributed by atoms with Crippen LogP contribution in [0, 0.1) is 0 Å². The molecular weight excluding hydrogens is 441 g/mol. The topological polar surface area (TPSA) is 93.9 Å². The maximum Gasteiger partial charge on any atom is 0.419 e. The lowest BCUT2D eigenvalue weighted by atomic mass is 10.1. The minimum Gasteiger partial charge on any atom is -0.493 e. The molecule has 0 aliphatic heterocycles. The molecule has 10 heteroatoms. The Hall–Kier alpha value is -2.46. The van der Waals surface area contributed by atoms with Crippen molar-refractivity contribution in [2.75, 3.05) is 6.61 Å². The van der Waals surface area contributed by atoms with Gasteiger partial charge in [0, 0.05) is 29.2 Å². The molecule has 1 aromatic carbocycles. The zero-order valence-corrected chi connectivity index (χ0v) is 16.1. The first-order valence-electron chi connectivity index (χ1n) is 8.36. The molecule has 28 heavy (non-hydrogen) atoms. The van der Waals surface area contributed by atoms with Crippen LogP contribution in [0.5, 0.6) is 5.75 Å². The molecule has 0 saturated carbocycles. The number of para-hydroxylation sites is 1. The van der Waals surface area contributed by atoms with E-state index < -0.39 is 11.7 Å². The van der Waals surface area contributed by atoms with Crippen LogP contribution in [0.4, 0.5) is 13.2 Å². The lowest BCUT2D eigenvalue weighted by Gasteiger charge is -2.17. The molecular formula is C18H16BrF3N4O2. The van der Waals surface area contributed by atoms with Gasteiger partial charge in [-0.3, -0.25) is 4.79 Å². The fourth-order valence-electron chi connectivity index (χ4n) is 2.71. The van der Waals surface area contributed by atoms with Crippen molar-refractivity contribution < 1.29 is 17.9 Å². The molecule has 0 fully saturated rings. The number of alkyl halides is 3. The number of H-pyrrole nitrogens is 1. The van der Waals surface area contributed by atoms with Crippen LogP contribution in [0.25, 0.3) is 11.0 Å². The number of fused-ring (bicyclic) bond motifs is 1. The van der Waals surface area contributed by atoms with Gasteiger partial charge in [0.15, 0.2) is 5.65 Å². The summed E-state index contributed by atoms with van der Waals surface area (Å²) in [6.45, 7) is -0.0599. The van der Waals surface area contributed by atoms with Crippen molar-refractivity contribution in [1.29, 1.82) is 0 Å². The molecule has 0 spiro atoms. The Kier molecular flexibility index (Phi) is 5.99. The van der Waals surface area contributed by atoms with E-state index in [0.29, 0.717) is 34.2 Å². The van der Waals surface area contributed by atoms with Gasteiger partial charge in [0.25, 0.3) is 5.56 Å². The fourth-order valence-corrected chi connectivity index (χ4v) is 3.05.